The second-order valence-electron chi connectivity index (χ2n) is 6.00. The normalized spacial score (nSPS) is 23.2. The quantitative estimate of drug-likeness (QED) is 0.877. The predicted molar refractivity (Wildman–Crippen MR) is 88.7 cm³/mol. The molecule has 1 aliphatic rings. The molecule has 1 aromatic carbocycles. The Hall–Kier alpha value is -1.94. The second-order valence-corrected chi connectivity index (χ2v) is 6.00. The van der Waals surface area contributed by atoms with Gasteiger partial charge in [0.1, 0.15) is 5.82 Å². The Morgan fingerprint density at radius 1 is 1.43 bits per heavy atom. The topological polar surface area (TPSA) is 46.5 Å². The van der Waals surface area contributed by atoms with Crippen molar-refractivity contribution in [3.05, 3.63) is 52.9 Å². The number of benzene rings is 1. The van der Waals surface area contributed by atoms with Gasteiger partial charge in [-0.25, -0.2) is 4.39 Å². The van der Waals surface area contributed by atoms with Gasteiger partial charge in [-0.15, -0.1) is 0 Å². The van der Waals surface area contributed by atoms with Crippen molar-refractivity contribution < 1.29 is 19.0 Å². The summed E-state index contributed by atoms with van der Waals surface area (Å²) in [4.78, 5) is 11.1. The zero-order chi connectivity index (χ0) is 16.8. The molecule has 2 rings (SSSR count). The fourth-order valence-corrected chi connectivity index (χ4v) is 2.98. The number of carboxylic acids is 1. The molecule has 1 N–H and O–H groups in total. The van der Waals surface area contributed by atoms with Gasteiger partial charge < -0.3 is 9.84 Å². The van der Waals surface area contributed by atoms with Gasteiger partial charge in [-0.2, -0.15) is 0 Å². The van der Waals surface area contributed by atoms with E-state index in [0.29, 0.717) is 12.2 Å². The molecule has 4 heteroatoms. The largest absolute Gasteiger partial charge is 0.481 e. The second kappa shape index (κ2) is 8.06. The third kappa shape index (κ3) is 4.76. The molecule has 3 nitrogen and oxygen atoms in total. The molecule has 1 aromatic rings. The number of allylic oxidation sites excluding steroid dienone is 3. The van der Waals surface area contributed by atoms with Crippen molar-refractivity contribution in [1.29, 1.82) is 0 Å². The molecule has 0 saturated carbocycles. The van der Waals surface area contributed by atoms with Gasteiger partial charge in [-0.3, -0.25) is 4.79 Å². The van der Waals surface area contributed by atoms with Crippen molar-refractivity contribution in [2.24, 2.45) is 5.92 Å². The van der Waals surface area contributed by atoms with Crippen molar-refractivity contribution in [2.45, 2.75) is 32.6 Å². The van der Waals surface area contributed by atoms with Gasteiger partial charge in [-0.1, -0.05) is 18.2 Å². The number of hydrogen-bond donors (Lipinski definition) is 1. The monoisotopic (exact) mass is 318 g/mol. The van der Waals surface area contributed by atoms with E-state index in [2.05, 4.69) is 6.08 Å². The number of aryl methyl sites for hydroxylation is 1. The summed E-state index contributed by atoms with van der Waals surface area (Å²) in [6, 6.07) is 5.07. The Kier molecular flexibility index (Phi) is 6.11. The van der Waals surface area contributed by atoms with Crippen molar-refractivity contribution in [2.75, 3.05) is 13.7 Å². The lowest BCUT2D eigenvalue weighted by molar-refractivity contribution is -0.137. The molecular weight excluding hydrogens is 295 g/mol. The highest BCUT2D eigenvalue weighted by Gasteiger charge is 2.20. The summed E-state index contributed by atoms with van der Waals surface area (Å²) in [5.74, 6) is -1.02. The van der Waals surface area contributed by atoms with E-state index in [1.165, 1.54) is 6.07 Å². The van der Waals surface area contributed by atoms with E-state index >= 15 is 0 Å². The van der Waals surface area contributed by atoms with Crippen molar-refractivity contribution in [3.8, 4) is 0 Å². The fraction of sp³-hybridized carbons (Fsp3) is 0.421. The number of aliphatic carboxylic acids is 1. The predicted octanol–water partition coefficient (Wildman–Crippen LogP) is 4.37. The van der Waals surface area contributed by atoms with E-state index in [-0.39, 0.29) is 18.2 Å². The Bertz CT molecular complexity index is 632. The summed E-state index contributed by atoms with van der Waals surface area (Å²) in [7, 11) is 1.61. The molecular formula is C19H23FO3. The molecule has 0 aromatic heterocycles. The van der Waals surface area contributed by atoms with Gasteiger partial charge in [0.05, 0.1) is 13.0 Å². The van der Waals surface area contributed by atoms with Crippen LogP contribution in [0.15, 0.2) is 35.9 Å². The number of carbonyl (C=O) groups is 1. The average molecular weight is 318 g/mol. The maximum atomic E-state index is 13.5. The van der Waals surface area contributed by atoms with Crippen LogP contribution in [-0.2, 0) is 9.53 Å². The first-order valence-corrected chi connectivity index (χ1v) is 7.89. The molecule has 0 saturated heterocycles. The minimum absolute atomic E-state index is 0.0160. The van der Waals surface area contributed by atoms with E-state index in [1.807, 2.05) is 12.1 Å². The molecule has 0 radical (unpaired) electrons. The van der Waals surface area contributed by atoms with Crippen LogP contribution in [0.5, 0.6) is 0 Å². The summed E-state index contributed by atoms with van der Waals surface area (Å²) >= 11 is 0. The average Bonchev–Trinajstić information content (AvgIpc) is 2.48. The lowest BCUT2D eigenvalue weighted by Gasteiger charge is -2.21. The Balaban J connectivity index is 2.38. The van der Waals surface area contributed by atoms with Crippen LogP contribution in [0, 0.1) is 18.7 Å². The minimum atomic E-state index is -0.791. The van der Waals surface area contributed by atoms with Crippen LogP contribution in [0.25, 0.3) is 5.57 Å². The zero-order valence-corrected chi connectivity index (χ0v) is 13.6. The molecule has 0 fully saturated rings. The van der Waals surface area contributed by atoms with E-state index < -0.39 is 5.97 Å². The fourth-order valence-electron chi connectivity index (χ4n) is 2.98. The minimum Gasteiger partial charge on any atom is -0.481 e. The van der Waals surface area contributed by atoms with Crippen molar-refractivity contribution in [1.82, 2.24) is 0 Å². The third-order valence-corrected chi connectivity index (χ3v) is 4.21. The van der Waals surface area contributed by atoms with Crippen LogP contribution in [-0.4, -0.2) is 24.8 Å². The summed E-state index contributed by atoms with van der Waals surface area (Å²) < 4.78 is 18.8. The van der Waals surface area contributed by atoms with E-state index in [1.54, 1.807) is 20.1 Å². The summed E-state index contributed by atoms with van der Waals surface area (Å²) in [5.41, 5.74) is 3.56. The number of methoxy groups -OCH3 is 1. The molecule has 0 amide bonds. The Morgan fingerprint density at radius 2 is 2.22 bits per heavy atom. The van der Waals surface area contributed by atoms with Crippen LogP contribution in [0.2, 0.25) is 0 Å². The molecule has 1 aliphatic carbocycles. The SMILES string of the molecule is COC/C1=C/C(c2ccc(F)c(C)c2)=C\CCCC1CC(=O)O. The Labute approximate surface area is 136 Å². The standard InChI is InChI=1S/C19H23FO3/c1-13-9-16(7-8-18(13)20)14-5-3-4-6-15(11-19(21)22)17(10-14)12-23-2/h5,7-10,15H,3-4,6,11-12H2,1-2H3,(H,21,22)/b14-5+,17-10-. The van der Waals surface area contributed by atoms with Gasteiger partial charge in [0.25, 0.3) is 0 Å². The number of halogens is 1. The molecule has 0 aliphatic heterocycles. The van der Waals surface area contributed by atoms with Crippen LogP contribution in [0.3, 0.4) is 0 Å². The van der Waals surface area contributed by atoms with Gasteiger partial charge in [0.2, 0.25) is 0 Å². The first-order chi connectivity index (χ1) is 11.0. The highest BCUT2D eigenvalue weighted by Crippen LogP contribution is 2.30. The number of hydrogen-bond acceptors (Lipinski definition) is 2. The maximum Gasteiger partial charge on any atom is 0.303 e. The molecule has 124 valence electrons. The highest BCUT2D eigenvalue weighted by atomic mass is 19.1. The lowest BCUT2D eigenvalue weighted by atomic mass is 9.86. The van der Waals surface area contributed by atoms with Crippen LogP contribution < -0.4 is 0 Å². The molecule has 1 atom stereocenters. The smallest absolute Gasteiger partial charge is 0.303 e. The van der Waals surface area contributed by atoms with Gasteiger partial charge in [0, 0.05) is 7.11 Å². The number of carboxylic acid groups (broad SMARTS) is 1. The summed E-state index contributed by atoms with van der Waals surface area (Å²) in [6.45, 7) is 2.16. The first kappa shape index (κ1) is 17.4. The van der Waals surface area contributed by atoms with Crippen molar-refractivity contribution in [3.63, 3.8) is 0 Å². The lowest BCUT2D eigenvalue weighted by Crippen LogP contribution is -2.15. The van der Waals surface area contributed by atoms with Crippen LogP contribution >= 0.6 is 0 Å². The summed E-state index contributed by atoms with van der Waals surface area (Å²) in [5, 5.41) is 9.14. The maximum absolute atomic E-state index is 13.5. The molecule has 0 spiro atoms. The number of rotatable bonds is 5. The van der Waals surface area contributed by atoms with Gasteiger partial charge in [0.15, 0.2) is 0 Å². The van der Waals surface area contributed by atoms with E-state index in [0.717, 1.165) is 36.0 Å². The van der Waals surface area contributed by atoms with E-state index in [9.17, 15) is 9.18 Å². The third-order valence-electron chi connectivity index (χ3n) is 4.21. The Morgan fingerprint density at radius 3 is 2.87 bits per heavy atom. The number of ether oxygens (including phenoxy) is 1. The van der Waals surface area contributed by atoms with E-state index in [4.69, 9.17) is 9.84 Å². The van der Waals surface area contributed by atoms with Crippen molar-refractivity contribution >= 4 is 11.5 Å². The molecule has 0 heterocycles. The molecule has 0 bridgehead atoms. The van der Waals surface area contributed by atoms with Crippen LogP contribution in [0.4, 0.5) is 4.39 Å². The van der Waals surface area contributed by atoms with Crippen LogP contribution in [0.1, 0.15) is 36.8 Å². The first-order valence-electron chi connectivity index (χ1n) is 7.89. The summed E-state index contributed by atoms with van der Waals surface area (Å²) in [6.07, 6.45) is 6.93. The van der Waals surface area contributed by atoms with Gasteiger partial charge in [-0.05, 0) is 66.5 Å². The zero-order valence-electron chi connectivity index (χ0n) is 13.6. The molecule has 1 unspecified atom stereocenters. The highest BCUT2D eigenvalue weighted by molar-refractivity contribution is 5.76. The van der Waals surface area contributed by atoms with Gasteiger partial charge >= 0.3 is 5.97 Å². The molecule has 23 heavy (non-hydrogen) atoms.